The van der Waals surface area contributed by atoms with Crippen LogP contribution in [0.1, 0.15) is 25.7 Å². The molecular formula is C13H20N2O. The molecule has 0 spiro atoms. The van der Waals surface area contributed by atoms with Crippen LogP contribution in [0, 0.1) is 0 Å². The molecule has 2 rings (SSSR count). The summed E-state index contributed by atoms with van der Waals surface area (Å²) in [4.78, 5) is 0. The number of benzene rings is 1. The van der Waals surface area contributed by atoms with Crippen LogP contribution in [0.2, 0.25) is 0 Å². The third-order valence-corrected chi connectivity index (χ3v) is 3.27. The topological polar surface area (TPSA) is 47.3 Å². The fourth-order valence-electron chi connectivity index (χ4n) is 2.30. The molecule has 3 N–H and O–H groups in total. The monoisotopic (exact) mass is 220 g/mol. The largest absolute Gasteiger partial charge is 0.495 e. The minimum Gasteiger partial charge on any atom is -0.495 e. The number of nitrogens with one attached hydrogen (secondary N) is 1. The summed E-state index contributed by atoms with van der Waals surface area (Å²) in [5, 5.41) is 3.50. The summed E-state index contributed by atoms with van der Waals surface area (Å²) in [7, 11) is 1.70. The van der Waals surface area contributed by atoms with Gasteiger partial charge in [-0.05, 0) is 25.0 Å². The molecule has 3 heteroatoms. The fourth-order valence-corrected chi connectivity index (χ4v) is 2.30. The van der Waals surface area contributed by atoms with E-state index in [2.05, 4.69) is 5.32 Å². The maximum atomic E-state index is 6.12. The summed E-state index contributed by atoms with van der Waals surface area (Å²) in [5.74, 6) is 0.889. The third-order valence-electron chi connectivity index (χ3n) is 3.27. The van der Waals surface area contributed by atoms with Crippen molar-refractivity contribution in [2.45, 2.75) is 37.8 Å². The van der Waals surface area contributed by atoms with Crippen LogP contribution in [0.4, 0.5) is 5.69 Å². The number of methoxy groups -OCH3 is 1. The average Bonchev–Trinajstić information content (AvgIpc) is 2.33. The van der Waals surface area contributed by atoms with Gasteiger partial charge in [-0.3, -0.25) is 0 Å². The van der Waals surface area contributed by atoms with Crippen LogP contribution < -0.4 is 15.8 Å². The van der Waals surface area contributed by atoms with Crippen LogP contribution in [-0.2, 0) is 0 Å². The molecule has 0 aromatic heterocycles. The van der Waals surface area contributed by atoms with E-state index in [9.17, 15) is 0 Å². The second-order valence-corrected chi connectivity index (χ2v) is 4.40. The van der Waals surface area contributed by atoms with Gasteiger partial charge in [-0.2, -0.15) is 0 Å². The van der Waals surface area contributed by atoms with Crippen molar-refractivity contribution in [1.29, 1.82) is 0 Å². The van der Waals surface area contributed by atoms with E-state index in [0.717, 1.165) is 24.3 Å². The van der Waals surface area contributed by atoms with E-state index in [1.165, 1.54) is 12.8 Å². The molecule has 0 heterocycles. The summed E-state index contributed by atoms with van der Waals surface area (Å²) in [5.41, 5.74) is 7.16. The molecule has 2 atom stereocenters. The molecule has 1 saturated carbocycles. The second kappa shape index (κ2) is 5.21. The number of para-hydroxylation sites is 2. The first-order valence-corrected chi connectivity index (χ1v) is 5.96. The number of hydrogen-bond donors (Lipinski definition) is 2. The van der Waals surface area contributed by atoms with Crippen molar-refractivity contribution in [1.82, 2.24) is 0 Å². The number of rotatable bonds is 3. The maximum absolute atomic E-state index is 6.12. The van der Waals surface area contributed by atoms with Crippen LogP contribution in [0.5, 0.6) is 5.75 Å². The second-order valence-electron chi connectivity index (χ2n) is 4.40. The fraction of sp³-hybridized carbons (Fsp3) is 0.538. The highest BCUT2D eigenvalue weighted by atomic mass is 16.5. The van der Waals surface area contributed by atoms with Gasteiger partial charge in [0.2, 0.25) is 0 Å². The van der Waals surface area contributed by atoms with Gasteiger partial charge in [0.1, 0.15) is 5.75 Å². The minimum atomic E-state index is 0.263. The molecule has 0 aliphatic heterocycles. The van der Waals surface area contributed by atoms with Crippen molar-refractivity contribution in [3.63, 3.8) is 0 Å². The SMILES string of the molecule is COc1ccccc1N[C@H]1CCCC[C@@H]1N. The molecule has 1 aromatic rings. The van der Waals surface area contributed by atoms with Crippen LogP contribution in [0.25, 0.3) is 0 Å². The van der Waals surface area contributed by atoms with Crippen LogP contribution in [-0.4, -0.2) is 19.2 Å². The lowest BCUT2D eigenvalue weighted by molar-refractivity contribution is 0.396. The first kappa shape index (κ1) is 11.3. The van der Waals surface area contributed by atoms with Gasteiger partial charge in [0.05, 0.1) is 12.8 Å². The van der Waals surface area contributed by atoms with E-state index in [1.807, 2.05) is 24.3 Å². The van der Waals surface area contributed by atoms with Gasteiger partial charge in [0, 0.05) is 12.1 Å². The van der Waals surface area contributed by atoms with Crippen molar-refractivity contribution in [2.75, 3.05) is 12.4 Å². The molecule has 0 radical (unpaired) electrons. The van der Waals surface area contributed by atoms with Crippen molar-refractivity contribution < 1.29 is 4.74 Å². The van der Waals surface area contributed by atoms with Crippen molar-refractivity contribution >= 4 is 5.69 Å². The molecule has 0 unspecified atom stereocenters. The van der Waals surface area contributed by atoms with E-state index in [0.29, 0.717) is 6.04 Å². The molecule has 1 fully saturated rings. The van der Waals surface area contributed by atoms with Gasteiger partial charge in [0.15, 0.2) is 0 Å². The Morgan fingerprint density at radius 3 is 2.75 bits per heavy atom. The van der Waals surface area contributed by atoms with Crippen LogP contribution >= 0.6 is 0 Å². The third kappa shape index (κ3) is 2.47. The Kier molecular flexibility index (Phi) is 3.67. The zero-order chi connectivity index (χ0) is 11.4. The minimum absolute atomic E-state index is 0.263. The molecule has 0 amide bonds. The summed E-state index contributed by atoms with van der Waals surface area (Å²) < 4.78 is 5.32. The van der Waals surface area contributed by atoms with Gasteiger partial charge in [-0.25, -0.2) is 0 Å². The molecule has 3 nitrogen and oxygen atoms in total. The Labute approximate surface area is 97.0 Å². The lowest BCUT2D eigenvalue weighted by Crippen LogP contribution is -2.42. The first-order chi connectivity index (χ1) is 7.81. The first-order valence-electron chi connectivity index (χ1n) is 5.96. The number of nitrogens with two attached hydrogens (primary N) is 1. The summed E-state index contributed by atoms with van der Waals surface area (Å²) in [6, 6.07) is 8.64. The molecule has 1 aliphatic rings. The van der Waals surface area contributed by atoms with Crippen LogP contribution in [0.15, 0.2) is 24.3 Å². The van der Waals surface area contributed by atoms with Gasteiger partial charge < -0.3 is 15.8 Å². The Bertz CT molecular complexity index is 340. The lowest BCUT2D eigenvalue weighted by Gasteiger charge is -2.30. The molecule has 1 aromatic carbocycles. The normalized spacial score (nSPS) is 25.1. The number of hydrogen-bond acceptors (Lipinski definition) is 3. The predicted molar refractivity (Wildman–Crippen MR) is 66.8 cm³/mol. The maximum Gasteiger partial charge on any atom is 0.141 e. The van der Waals surface area contributed by atoms with Gasteiger partial charge in [-0.1, -0.05) is 25.0 Å². The van der Waals surface area contributed by atoms with Gasteiger partial charge >= 0.3 is 0 Å². The highest BCUT2D eigenvalue weighted by Gasteiger charge is 2.22. The van der Waals surface area contributed by atoms with E-state index < -0.39 is 0 Å². The Morgan fingerprint density at radius 2 is 2.00 bits per heavy atom. The molecule has 0 saturated heterocycles. The van der Waals surface area contributed by atoms with E-state index >= 15 is 0 Å². The molecule has 16 heavy (non-hydrogen) atoms. The van der Waals surface area contributed by atoms with E-state index in [4.69, 9.17) is 10.5 Å². The standard InChI is InChI=1S/C13H20N2O/c1-16-13-9-5-4-8-12(13)15-11-7-3-2-6-10(11)14/h4-5,8-11,15H,2-3,6-7,14H2,1H3/t10-,11-/m0/s1. The van der Waals surface area contributed by atoms with E-state index in [-0.39, 0.29) is 6.04 Å². The molecule has 0 bridgehead atoms. The Balaban J connectivity index is 2.07. The zero-order valence-corrected chi connectivity index (χ0v) is 9.78. The smallest absolute Gasteiger partial charge is 0.141 e. The lowest BCUT2D eigenvalue weighted by atomic mass is 9.91. The average molecular weight is 220 g/mol. The van der Waals surface area contributed by atoms with Crippen molar-refractivity contribution in [3.05, 3.63) is 24.3 Å². The Morgan fingerprint density at radius 1 is 1.25 bits per heavy atom. The number of anilines is 1. The molecule has 88 valence electrons. The summed E-state index contributed by atoms with van der Waals surface area (Å²) >= 11 is 0. The summed E-state index contributed by atoms with van der Waals surface area (Å²) in [6.45, 7) is 0. The quantitative estimate of drug-likeness (QED) is 0.822. The molecular weight excluding hydrogens is 200 g/mol. The Hall–Kier alpha value is -1.22. The van der Waals surface area contributed by atoms with E-state index in [1.54, 1.807) is 7.11 Å². The predicted octanol–water partition coefficient (Wildman–Crippen LogP) is 2.38. The van der Waals surface area contributed by atoms with Crippen LogP contribution in [0.3, 0.4) is 0 Å². The van der Waals surface area contributed by atoms with Gasteiger partial charge in [-0.15, -0.1) is 0 Å². The highest BCUT2D eigenvalue weighted by Crippen LogP contribution is 2.27. The zero-order valence-electron chi connectivity index (χ0n) is 9.78. The summed E-state index contributed by atoms with van der Waals surface area (Å²) in [6.07, 6.45) is 4.79. The number of ether oxygens (including phenoxy) is 1. The van der Waals surface area contributed by atoms with Crippen molar-refractivity contribution in [2.24, 2.45) is 5.73 Å². The van der Waals surface area contributed by atoms with Crippen molar-refractivity contribution in [3.8, 4) is 5.75 Å². The van der Waals surface area contributed by atoms with Gasteiger partial charge in [0.25, 0.3) is 0 Å². The highest BCUT2D eigenvalue weighted by molar-refractivity contribution is 5.56. The molecule has 1 aliphatic carbocycles.